The minimum absolute atomic E-state index is 0.919. The third-order valence-electron chi connectivity index (χ3n) is 3.24. The van der Waals surface area contributed by atoms with Gasteiger partial charge in [-0.3, -0.25) is 4.90 Å². The molecule has 1 saturated heterocycles. The van der Waals surface area contributed by atoms with Crippen LogP contribution in [0.15, 0.2) is 0 Å². The molecule has 0 saturated carbocycles. The molecule has 1 aromatic heterocycles. The van der Waals surface area contributed by atoms with Crippen molar-refractivity contribution in [1.29, 1.82) is 0 Å². The zero-order valence-corrected chi connectivity index (χ0v) is 9.88. The Morgan fingerprint density at radius 2 is 1.53 bits per heavy atom. The first-order valence-electron chi connectivity index (χ1n) is 5.70. The number of rotatable bonds is 2. The smallest absolute Gasteiger partial charge is 0.142 e. The Hall–Kier alpha value is -0.960. The van der Waals surface area contributed by atoms with Crippen LogP contribution in [0.1, 0.15) is 35.6 Å². The van der Waals surface area contributed by atoms with Gasteiger partial charge in [-0.25, -0.2) is 9.97 Å². The van der Waals surface area contributed by atoms with E-state index in [4.69, 9.17) is 0 Å². The topological polar surface area (TPSA) is 29.0 Å². The summed E-state index contributed by atoms with van der Waals surface area (Å²) < 4.78 is 0. The first kappa shape index (κ1) is 10.6. The van der Waals surface area contributed by atoms with Gasteiger partial charge in [0.1, 0.15) is 5.82 Å². The van der Waals surface area contributed by atoms with Crippen LogP contribution in [-0.2, 0) is 6.54 Å². The molecule has 2 rings (SSSR count). The normalized spacial score (nSPS) is 17.3. The fourth-order valence-corrected chi connectivity index (χ4v) is 2.05. The predicted molar refractivity (Wildman–Crippen MR) is 60.8 cm³/mol. The van der Waals surface area contributed by atoms with Gasteiger partial charge in [-0.05, 0) is 52.3 Å². The summed E-state index contributed by atoms with van der Waals surface area (Å²) in [4.78, 5) is 11.5. The zero-order chi connectivity index (χ0) is 10.8. The maximum absolute atomic E-state index is 4.54. The molecule has 3 nitrogen and oxygen atoms in total. The van der Waals surface area contributed by atoms with Crippen molar-refractivity contribution >= 4 is 0 Å². The molecule has 0 aromatic carbocycles. The number of nitrogens with zero attached hydrogens (tertiary/aromatic N) is 3. The molecule has 1 aliphatic rings. The highest BCUT2D eigenvalue weighted by Gasteiger charge is 2.14. The lowest BCUT2D eigenvalue weighted by Gasteiger charge is -2.14. The second-order valence-corrected chi connectivity index (χ2v) is 4.42. The van der Waals surface area contributed by atoms with Crippen LogP contribution in [0.4, 0.5) is 0 Å². The van der Waals surface area contributed by atoms with Gasteiger partial charge in [-0.15, -0.1) is 0 Å². The molecule has 0 aliphatic carbocycles. The van der Waals surface area contributed by atoms with Gasteiger partial charge in [0.15, 0.2) is 0 Å². The van der Waals surface area contributed by atoms with Gasteiger partial charge < -0.3 is 0 Å². The van der Waals surface area contributed by atoms with Crippen LogP contribution in [0, 0.1) is 20.8 Å². The Morgan fingerprint density at radius 1 is 1.00 bits per heavy atom. The molecule has 1 aliphatic heterocycles. The Morgan fingerprint density at radius 3 is 2.07 bits per heavy atom. The van der Waals surface area contributed by atoms with E-state index in [1.54, 1.807) is 0 Å². The third-order valence-corrected chi connectivity index (χ3v) is 3.24. The van der Waals surface area contributed by atoms with E-state index in [0.29, 0.717) is 0 Å². The highest BCUT2D eigenvalue weighted by atomic mass is 15.2. The maximum atomic E-state index is 4.54. The van der Waals surface area contributed by atoms with Gasteiger partial charge >= 0.3 is 0 Å². The Kier molecular flexibility index (Phi) is 3.00. The Labute approximate surface area is 91.5 Å². The lowest BCUT2D eigenvalue weighted by molar-refractivity contribution is 0.321. The summed E-state index contributed by atoms with van der Waals surface area (Å²) in [5, 5.41) is 0. The molecule has 2 heterocycles. The van der Waals surface area contributed by atoms with Crippen molar-refractivity contribution in [2.45, 2.75) is 40.2 Å². The average molecular weight is 205 g/mol. The van der Waals surface area contributed by atoms with E-state index in [2.05, 4.69) is 35.6 Å². The molecule has 3 heteroatoms. The van der Waals surface area contributed by atoms with Crippen LogP contribution < -0.4 is 0 Å². The standard InChI is InChI=1S/C12H19N3/c1-9-10(2)13-12(14-11(9)3)8-15-6-4-5-7-15/h4-8H2,1-3H3. The van der Waals surface area contributed by atoms with Gasteiger partial charge in [0.2, 0.25) is 0 Å². The quantitative estimate of drug-likeness (QED) is 0.739. The van der Waals surface area contributed by atoms with Crippen LogP contribution in [0.2, 0.25) is 0 Å². The van der Waals surface area contributed by atoms with Crippen molar-refractivity contribution < 1.29 is 0 Å². The molecule has 0 radical (unpaired) electrons. The van der Waals surface area contributed by atoms with Crippen molar-refractivity contribution in [2.24, 2.45) is 0 Å². The summed E-state index contributed by atoms with van der Waals surface area (Å²) in [5.74, 6) is 0.984. The van der Waals surface area contributed by atoms with Gasteiger partial charge in [0.25, 0.3) is 0 Å². The second-order valence-electron chi connectivity index (χ2n) is 4.42. The molecular weight excluding hydrogens is 186 g/mol. The summed E-state index contributed by atoms with van der Waals surface area (Å²) in [6, 6.07) is 0. The number of aryl methyl sites for hydroxylation is 2. The monoisotopic (exact) mass is 205 g/mol. The van der Waals surface area contributed by atoms with Gasteiger partial charge in [0.05, 0.1) is 6.54 Å². The van der Waals surface area contributed by atoms with Gasteiger partial charge in [-0.1, -0.05) is 0 Å². The van der Waals surface area contributed by atoms with E-state index >= 15 is 0 Å². The lowest BCUT2D eigenvalue weighted by atomic mass is 10.2. The van der Waals surface area contributed by atoms with Crippen LogP contribution in [0.3, 0.4) is 0 Å². The minimum Gasteiger partial charge on any atom is -0.296 e. The van der Waals surface area contributed by atoms with Gasteiger partial charge in [0, 0.05) is 11.4 Å². The maximum Gasteiger partial charge on any atom is 0.142 e. The second kappa shape index (κ2) is 4.27. The van der Waals surface area contributed by atoms with Crippen LogP contribution in [-0.4, -0.2) is 28.0 Å². The van der Waals surface area contributed by atoms with E-state index in [0.717, 1.165) is 23.8 Å². The number of aromatic nitrogens is 2. The van der Waals surface area contributed by atoms with Crippen molar-refractivity contribution in [1.82, 2.24) is 14.9 Å². The SMILES string of the molecule is Cc1nc(CN2CCCC2)nc(C)c1C. The van der Waals surface area contributed by atoms with Crippen molar-refractivity contribution in [3.05, 3.63) is 22.8 Å². The summed E-state index contributed by atoms with van der Waals surface area (Å²) >= 11 is 0. The van der Waals surface area contributed by atoms with Crippen molar-refractivity contribution in [3.63, 3.8) is 0 Å². The Bertz CT molecular complexity index is 331. The molecule has 0 atom stereocenters. The van der Waals surface area contributed by atoms with E-state index in [1.807, 2.05) is 0 Å². The fraction of sp³-hybridized carbons (Fsp3) is 0.667. The molecule has 0 N–H and O–H groups in total. The molecule has 0 unspecified atom stereocenters. The third kappa shape index (κ3) is 2.34. The van der Waals surface area contributed by atoms with Crippen LogP contribution >= 0.6 is 0 Å². The van der Waals surface area contributed by atoms with Crippen LogP contribution in [0.25, 0.3) is 0 Å². The van der Waals surface area contributed by atoms with E-state index in [9.17, 15) is 0 Å². The van der Waals surface area contributed by atoms with Gasteiger partial charge in [-0.2, -0.15) is 0 Å². The number of hydrogen-bond donors (Lipinski definition) is 0. The Balaban J connectivity index is 2.14. The first-order chi connectivity index (χ1) is 7.16. The van der Waals surface area contributed by atoms with Crippen molar-refractivity contribution in [3.8, 4) is 0 Å². The first-order valence-corrected chi connectivity index (χ1v) is 5.70. The molecule has 0 amide bonds. The summed E-state index contributed by atoms with van der Waals surface area (Å²) in [5.41, 5.74) is 3.47. The summed E-state index contributed by atoms with van der Waals surface area (Å²) in [6.45, 7) is 9.55. The van der Waals surface area contributed by atoms with Crippen LogP contribution in [0.5, 0.6) is 0 Å². The van der Waals surface area contributed by atoms with E-state index in [-0.39, 0.29) is 0 Å². The zero-order valence-electron chi connectivity index (χ0n) is 9.88. The molecule has 1 aromatic rings. The van der Waals surface area contributed by atoms with E-state index in [1.165, 1.54) is 31.5 Å². The molecule has 15 heavy (non-hydrogen) atoms. The highest BCUT2D eigenvalue weighted by Crippen LogP contribution is 2.13. The number of likely N-dealkylation sites (tertiary alicyclic amines) is 1. The average Bonchev–Trinajstić information content (AvgIpc) is 2.66. The highest BCUT2D eigenvalue weighted by molar-refractivity contribution is 5.22. The predicted octanol–water partition coefficient (Wildman–Crippen LogP) is 2.00. The minimum atomic E-state index is 0.919. The molecule has 82 valence electrons. The summed E-state index contributed by atoms with van der Waals surface area (Å²) in [6.07, 6.45) is 2.65. The molecular formula is C12H19N3. The molecule has 0 bridgehead atoms. The molecule has 0 spiro atoms. The number of hydrogen-bond acceptors (Lipinski definition) is 3. The largest absolute Gasteiger partial charge is 0.296 e. The fourth-order valence-electron chi connectivity index (χ4n) is 2.05. The van der Waals surface area contributed by atoms with Crippen molar-refractivity contribution in [2.75, 3.05) is 13.1 Å². The van der Waals surface area contributed by atoms with E-state index < -0.39 is 0 Å². The molecule has 1 fully saturated rings. The summed E-state index contributed by atoms with van der Waals surface area (Å²) in [7, 11) is 0. The lowest BCUT2D eigenvalue weighted by Crippen LogP contribution is -2.20.